The second-order valence-electron chi connectivity index (χ2n) is 4.71. The molecule has 1 aromatic carbocycles. The molecule has 0 saturated heterocycles. The van der Waals surface area contributed by atoms with Crippen LogP contribution < -0.4 is 0 Å². The Morgan fingerprint density at radius 3 is 2.45 bits per heavy atom. The van der Waals surface area contributed by atoms with Gasteiger partial charge in [-0.3, -0.25) is 0 Å². The SMILES string of the molecule is CC(C(O)CC=CC(=O)O)C(O)C(Cl)c1ccccc1. The molecule has 0 radical (unpaired) electrons. The van der Waals surface area contributed by atoms with Gasteiger partial charge in [0.2, 0.25) is 0 Å². The van der Waals surface area contributed by atoms with Gasteiger partial charge < -0.3 is 15.3 Å². The zero-order valence-corrected chi connectivity index (χ0v) is 11.9. The number of carboxylic acids is 1. The van der Waals surface area contributed by atoms with Crippen LogP contribution >= 0.6 is 11.6 Å². The molecule has 4 unspecified atom stereocenters. The van der Waals surface area contributed by atoms with Crippen molar-refractivity contribution >= 4 is 17.6 Å². The van der Waals surface area contributed by atoms with Crippen molar-refractivity contribution in [2.24, 2.45) is 5.92 Å². The zero-order chi connectivity index (χ0) is 15.1. The highest BCUT2D eigenvalue weighted by Gasteiger charge is 2.28. The maximum Gasteiger partial charge on any atom is 0.327 e. The monoisotopic (exact) mass is 298 g/mol. The number of aliphatic carboxylic acids is 1. The number of carboxylic acid groups (broad SMARTS) is 1. The van der Waals surface area contributed by atoms with Gasteiger partial charge in [0.1, 0.15) is 0 Å². The minimum atomic E-state index is -1.06. The van der Waals surface area contributed by atoms with Gasteiger partial charge in [-0.25, -0.2) is 4.79 Å². The maximum atomic E-state index is 10.3. The Hall–Kier alpha value is -1.36. The molecule has 4 atom stereocenters. The van der Waals surface area contributed by atoms with Crippen LogP contribution in [-0.4, -0.2) is 33.5 Å². The molecule has 0 saturated carbocycles. The van der Waals surface area contributed by atoms with Gasteiger partial charge in [-0.2, -0.15) is 0 Å². The van der Waals surface area contributed by atoms with Crippen LogP contribution in [0.5, 0.6) is 0 Å². The van der Waals surface area contributed by atoms with Gasteiger partial charge in [-0.15, -0.1) is 11.6 Å². The lowest BCUT2D eigenvalue weighted by Gasteiger charge is -2.27. The molecule has 0 aliphatic rings. The van der Waals surface area contributed by atoms with Gasteiger partial charge in [0.25, 0.3) is 0 Å². The Morgan fingerprint density at radius 2 is 1.90 bits per heavy atom. The average Bonchev–Trinajstić information content (AvgIpc) is 2.45. The topological polar surface area (TPSA) is 77.8 Å². The van der Waals surface area contributed by atoms with Crippen LogP contribution in [0.1, 0.15) is 24.3 Å². The minimum Gasteiger partial charge on any atom is -0.478 e. The summed E-state index contributed by atoms with van der Waals surface area (Å²) in [6, 6.07) is 9.13. The number of alkyl halides is 1. The van der Waals surface area contributed by atoms with Crippen molar-refractivity contribution in [2.45, 2.75) is 30.9 Å². The number of hydrogen-bond acceptors (Lipinski definition) is 3. The van der Waals surface area contributed by atoms with Gasteiger partial charge in [0.05, 0.1) is 17.6 Å². The fraction of sp³-hybridized carbons (Fsp3) is 0.400. The Morgan fingerprint density at radius 1 is 1.30 bits per heavy atom. The van der Waals surface area contributed by atoms with Crippen molar-refractivity contribution in [3.8, 4) is 0 Å². The van der Waals surface area contributed by atoms with Crippen LogP contribution in [0.25, 0.3) is 0 Å². The third-order valence-corrected chi connectivity index (χ3v) is 3.71. The van der Waals surface area contributed by atoms with Crippen molar-refractivity contribution in [2.75, 3.05) is 0 Å². The van der Waals surface area contributed by atoms with Crippen molar-refractivity contribution in [3.05, 3.63) is 48.0 Å². The number of rotatable bonds is 7. The number of benzene rings is 1. The van der Waals surface area contributed by atoms with Gasteiger partial charge >= 0.3 is 5.97 Å². The third-order valence-electron chi connectivity index (χ3n) is 3.20. The molecule has 5 heteroatoms. The number of halogens is 1. The molecule has 0 aliphatic carbocycles. The van der Waals surface area contributed by atoms with E-state index in [0.717, 1.165) is 11.6 Å². The number of hydrogen-bond donors (Lipinski definition) is 3. The predicted octanol–water partition coefficient (Wildman–Crippen LogP) is 2.36. The fourth-order valence-corrected chi connectivity index (χ4v) is 2.23. The summed E-state index contributed by atoms with van der Waals surface area (Å²) in [7, 11) is 0. The van der Waals surface area contributed by atoms with E-state index < -0.39 is 29.5 Å². The first-order valence-electron chi connectivity index (χ1n) is 6.38. The fourth-order valence-electron chi connectivity index (χ4n) is 1.85. The smallest absolute Gasteiger partial charge is 0.327 e. The Labute approximate surface area is 123 Å². The van der Waals surface area contributed by atoms with Crippen molar-refractivity contribution in [1.29, 1.82) is 0 Å². The summed E-state index contributed by atoms with van der Waals surface area (Å²) in [4.78, 5) is 10.3. The Bertz CT molecular complexity index is 446. The van der Waals surface area contributed by atoms with Crippen LogP contribution in [0.3, 0.4) is 0 Å². The molecule has 3 N–H and O–H groups in total. The largest absolute Gasteiger partial charge is 0.478 e. The molecule has 4 nitrogen and oxygen atoms in total. The molecular weight excluding hydrogens is 280 g/mol. The van der Waals surface area contributed by atoms with Crippen molar-refractivity contribution < 1.29 is 20.1 Å². The standard InChI is InChI=1S/C15H19ClO4/c1-10(12(17)8-5-9-13(18)19)15(20)14(16)11-6-3-2-4-7-11/h2-7,9-10,12,14-15,17,20H,8H2,1H3,(H,18,19). The number of aliphatic hydroxyl groups is 2. The predicted molar refractivity (Wildman–Crippen MR) is 77.6 cm³/mol. The molecule has 0 bridgehead atoms. The molecule has 0 aliphatic heterocycles. The van der Waals surface area contributed by atoms with Crippen LogP contribution in [0.15, 0.2) is 42.5 Å². The first-order valence-corrected chi connectivity index (χ1v) is 6.81. The van der Waals surface area contributed by atoms with Gasteiger partial charge in [0, 0.05) is 12.0 Å². The van der Waals surface area contributed by atoms with Gasteiger partial charge in [-0.1, -0.05) is 43.3 Å². The average molecular weight is 299 g/mol. The van der Waals surface area contributed by atoms with Crippen LogP contribution in [0, 0.1) is 5.92 Å². The van der Waals surface area contributed by atoms with Gasteiger partial charge in [0.15, 0.2) is 0 Å². The van der Waals surface area contributed by atoms with Crippen LogP contribution in [0.2, 0.25) is 0 Å². The molecule has 0 aromatic heterocycles. The highest BCUT2D eigenvalue weighted by atomic mass is 35.5. The van der Waals surface area contributed by atoms with Crippen molar-refractivity contribution in [3.63, 3.8) is 0 Å². The van der Waals surface area contributed by atoms with E-state index in [4.69, 9.17) is 16.7 Å². The zero-order valence-electron chi connectivity index (χ0n) is 11.2. The summed E-state index contributed by atoms with van der Waals surface area (Å²) >= 11 is 6.21. The summed E-state index contributed by atoms with van der Waals surface area (Å²) in [6.45, 7) is 1.68. The van der Waals surface area contributed by atoms with Crippen molar-refractivity contribution in [1.82, 2.24) is 0 Å². The van der Waals surface area contributed by atoms with Crippen LogP contribution in [0.4, 0.5) is 0 Å². The lowest BCUT2D eigenvalue weighted by molar-refractivity contribution is -0.131. The van der Waals surface area contributed by atoms with E-state index in [2.05, 4.69) is 0 Å². The van der Waals surface area contributed by atoms with E-state index in [9.17, 15) is 15.0 Å². The Kier molecular flexibility index (Phi) is 6.71. The quantitative estimate of drug-likeness (QED) is 0.533. The van der Waals surface area contributed by atoms with E-state index in [1.54, 1.807) is 6.92 Å². The summed E-state index contributed by atoms with van der Waals surface area (Å²) in [5.41, 5.74) is 0.779. The van der Waals surface area contributed by atoms with Gasteiger partial charge in [-0.05, 0) is 12.0 Å². The molecule has 1 aromatic rings. The van der Waals surface area contributed by atoms with E-state index in [1.807, 2.05) is 30.3 Å². The molecule has 0 spiro atoms. The molecule has 20 heavy (non-hydrogen) atoms. The molecule has 0 amide bonds. The molecule has 0 fully saturated rings. The second kappa shape index (κ2) is 8.04. The van der Waals surface area contributed by atoms with E-state index >= 15 is 0 Å². The van der Waals surface area contributed by atoms with E-state index in [1.165, 1.54) is 6.08 Å². The van der Waals surface area contributed by atoms with E-state index in [0.29, 0.717) is 0 Å². The molecule has 110 valence electrons. The highest BCUT2D eigenvalue weighted by molar-refractivity contribution is 6.21. The Balaban J connectivity index is 2.61. The van der Waals surface area contributed by atoms with E-state index in [-0.39, 0.29) is 6.42 Å². The molecule has 0 heterocycles. The first kappa shape index (κ1) is 16.7. The highest BCUT2D eigenvalue weighted by Crippen LogP contribution is 2.30. The maximum absolute atomic E-state index is 10.3. The lowest BCUT2D eigenvalue weighted by atomic mass is 9.91. The molecular formula is C15H19ClO4. The minimum absolute atomic E-state index is 0.156. The number of aliphatic hydroxyl groups excluding tert-OH is 2. The number of carbonyl (C=O) groups is 1. The second-order valence-corrected chi connectivity index (χ2v) is 5.18. The first-order chi connectivity index (χ1) is 9.43. The normalized spacial score (nSPS) is 17.6. The summed E-state index contributed by atoms with van der Waals surface area (Å²) in [5, 5.41) is 28.0. The summed E-state index contributed by atoms with van der Waals surface area (Å²) < 4.78 is 0. The lowest BCUT2D eigenvalue weighted by Crippen LogP contribution is -2.32. The third kappa shape index (κ3) is 4.96. The molecule has 1 rings (SSSR count). The summed E-state index contributed by atoms with van der Waals surface area (Å²) in [5.74, 6) is -1.54. The van der Waals surface area contributed by atoms with Crippen LogP contribution in [-0.2, 0) is 4.79 Å². The summed E-state index contributed by atoms with van der Waals surface area (Å²) in [6.07, 6.45) is 0.709.